The molecule has 0 bridgehead atoms. The number of carbonyl (C=O) groups excluding carboxylic acids is 1. The second-order valence-corrected chi connectivity index (χ2v) is 7.28. The molecular formula is C21H25N5O. The van der Waals surface area contributed by atoms with Crippen LogP contribution in [0, 0.1) is 6.92 Å². The first-order valence-electron chi connectivity index (χ1n) is 9.46. The molecule has 1 aromatic carbocycles. The zero-order valence-corrected chi connectivity index (χ0v) is 15.9. The molecule has 1 atom stereocenters. The summed E-state index contributed by atoms with van der Waals surface area (Å²) in [6, 6.07) is 12.7. The van der Waals surface area contributed by atoms with Crippen molar-refractivity contribution in [3.05, 3.63) is 65.7 Å². The molecule has 0 aliphatic carbocycles. The number of likely N-dealkylation sites (N-methyl/N-ethyl adjacent to an activating group) is 1. The summed E-state index contributed by atoms with van der Waals surface area (Å²) in [5, 5.41) is 0. The second-order valence-electron chi connectivity index (χ2n) is 7.28. The molecule has 1 saturated heterocycles. The maximum Gasteiger partial charge on any atom is 0.272 e. The van der Waals surface area contributed by atoms with Gasteiger partial charge in [0.1, 0.15) is 5.69 Å². The quantitative estimate of drug-likeness (QED) is 0.715. The maximum absolute atomic E-state index is 13.2. The first-order valence-corrected chi connectivity index (χ1v) is 9.46. The highest BCUT2D eigenvalue weighted by atomic mass is 16.2. The second kappa shape index (κ2) is 7.48. The molecule has 2 aromatic heterocycles. The summed E-state index contributed by atoms with van der Waals surface area (Å²) in [7, 11) is 2.15. The Hall–Kier alpha value is -2.73. The lowest BCUT2D eigenvalue weighted by Crippen LogP contribution is -2.48. The number of nitrogens with zero attached hydrogens (tertiary/aromatic N) is 5. The summed E-state index contributed by atoms with van der Waals surface area (Å²) >= 11 is 0. The molecule has 0 spiro atoms. The zero-order chi connectivity index (χ0) is 18.8. The van der Waals surface area contributed by atoms with Crippen LogP contribution in [0.3, 0.4) is 0 Å². The fourth-order valence-corrected chi connectivity index (χ4v) is 3.90. The lowest BCUT2D eigenvalue weighted by molar-refractivity contribution is 0.0595. The molecule has 0 radical (unpaired) electrons. The van der Waals surface area contributed by atoms with Crippen molar-refractivity contribution >= 4 is 11.7 Å². The Morgan fingerprint density at radius 2 is 2.07 bits per heavy atom. The van der Waals surface area contributed by atoms with Gasteiger partial charge in [0.05, 0.1) is 5.69 Å². The fraction of sp³-hybridized carbons (Fsp3) is 0.381. The summed E-state index contributed by atoms with van der Waals surface area (Å²) < 4.78 is 1.80. The van der Waals surface area contributed by atoms with E-state index in [9.17, 15) is 4.79 Å². The van der Waals surface area contributed by atoms with Gasteiger partial charge in [0.15, 0.2) is 0 Å². The number of likely N-dealkylation sites (tertiary alicyclic amines) is 1. The SMILES string of the molecule is Cc1nc2ncccn2c1C(=O)N1CCCC(N(C)Cc2ccccc2)C1. The van der Waals surface area contributed by atoms with E-state index in [1.165, 1.54) is 5.56 Å². The summed E-state index contributed by atoms with van der Waals surface area (Å²) in [6.07, 6.45) is 5.69. The lowest BCUT2D eigenvalue weighted by atomic mass is 10.0. The van der Waals surface area contributed by atoms with Crippen molar-refractivity contribution in [1.82, 2.24) is 24.2 Å². The summed E-state index contributed by atoms with van der Waals surface area (Å²) in [5.74, 6) is 0.624. The van der Waals surface area contributed by atoms with Crippen LogP contribution in [-0.2, 0) is 6.54 Å². The highest BCUT2D eigenvalue weighted by Crippen LogP contribution is 2.20. The van der Waals surface area contributed by atoms with E-state index >= 15 is 0 Å². The van der Waals surface area contributed by atoms with Gasteiger partial charge < -0.3 is 4.90 Å². The number of aryl methyl sites for hydroxylation is 1. The van der Waals surface area contributed by atoms with Gasteiger partial charge in [0.2, 0.25) is 5.78 Å². The number of carbonyl (C=O) groups is 1. The Bertz CT molecular complexity index is 936. The van der Waals surface area contributed by atoms with Crippen LogP contribution < -0.4 is 0 Å². The standard InChI is InChI=1S/C21H25N5O/c1-16-19(26-13-7-11-22-21(26)23-16)20(27)25-12-6-10-18(15-25)24(2)14-17-8-4-3-5-9-17/h3-5,7-9,11,13,18H,6,10,12,14-15H2,1-2H3. The van der Waals surface area contributed by atoms with E-state index in [-0.39, 0.29) is 5.91 Å². The number of piperidine rings is 1. The molecular weight excluding hydrogens is 338 g/mol. The minimum atomic E-state index is 0.0470. The van der Waals surface area contributed by atoms with E-state index in [0.29, 0.717) is 17.5 Å². The molecule has 0 N–H and O–H groups in total. The van der Waals surface area contributed by atoms with E-state index in [4.69, 9.17) is 0 Å². The van der Waals surface area contributed by atoms with E-state index in [0.717, 1.165) is 38.2 Å². The van der Waals surface area contributed by atoms with Crippen LogP contribution in [0.4, 0.5) is 0 Å². The fourth-order valence-electron chi connectivity index (χ4n) is 3.90. The monoisotopic (exact) mass is 363 g/mol. The molecule has 1 fully saturated rings. The minimum absolute atomic E-state index is 0.0470. The number of hydrogen-bond donors (Lipinski definition) is 0. The molecule has 1 amide bonds. The highest BCUT2D eigenvalue weighted by Gasteiger charge is 2.29. The summed E-state index contributed by atoms with van der Waals surface area (Å²) in [4.78, 5) is 26.3. The van der Waals surface area contributed by atoms with Crippen molar-refractivity contribution < 1.29 is 4.79 Å². The molecule has 1 aliphatic heterocycles. The van der Waals surface area contributed by atoms with Crippen LogP contribution in [0.25, 0.3) is 5.78 Å². The van der Waals surface area contributed by atoms with Crippen LogP contribution in [0.2, 0.25) is 0 Å². The highest BCUT2D eigenvalue weighted by molar-refractivity contribution is 5.94. The number of hydrogen-bond acceptors (Lipinski definition) is 4. The van der Waals surface area contributed by atoms with Crippen LogP contribution in [0.5, 0.6) is 0 Å². The Morgan fingerprint density at radius 1 is 1.26 bits per heavy atom. The number of aromatic nitrogens is 3. The van der Waals surface area contributed by atoms with Gasteiger partial charge >= 0.3 is 0 Å². The Kier molecular flexibility index (Phi) is 4.90. The van der Waals surface area contributed by atoms with Gasteiger partial charge in [-0.25, -0.2) is 9.97 Å². The van der Waals surface area contributed by atoms with Gasteiger partial charge in [0, 0.05) is 38.1 Å². The predicted octanol–water partition coefficient (Wildman–Crippen LogP) is 2.77. The van der Waals surface area contributed by atoms with Gasteiger partial charge in [-0.3, -0.25) is 14.1 Å². The van der Waals surface area contributed by atoms with Crippen LogP contribution in [-0.4, -0.2) is 56.3 Å². The Balaban J connectivity index is 1.50. The molecule has 140 valence electrons. The molecule has 4 rings (SSSR count). The number of imidazole rings is 1. The zero-order valence-electron chi connectivity index (χ0n) is 15.9. The normalized spacial score (nSPS) is 17.6. The summed E-state index contributed by atoms with van der Waals surface area (Å²) in [6.45, 7) is 4.31. The molecule has 27 heavy (non-hydrogen) atoms. The molecule has 3 aromatic rings. The number of benzene rings is 1. The van der Waals surface area contributed by atoms with Crippen LogP contribution in [0.1, 0.15) is 34.6 Å². The van der Waals surface area contributed by atoms with Gasteiger partial charge in [-0.15, -0.1) is 0 Å². The third kappa shape index (κ3) is 3.57. The number of amides is 1. The van der Waals surface area contributed by atoms with Gasteiger partial charge in [0.25, 0.3) is 5.91 Å². The molecule has 3 heterocycles. The topological polar surface area (TPSA) is 53.7 Å². The Morgan fingerprint density at radius 3 is 2.89 bits per heavy atom. The van der Waals surface area contributed by atoms with Crippen molar-refractivity contribution in [2.75, 3.05) is 20.1 Å². The van der Waals surface area contributed by atoms with Gasteiger partial charge in [-0.2, -0.15) is 0 Å². The van der Waals surface area contributed by atoms with Crippen molar-refractivity contribution in [3.8, 4) is 0 Å². The van der Waals surface area contributed by atoms with E-state index in [1.807, 2.05) is 30.2 Å². The van der Waals surface area contributed by atoms with Crippen molar-refractivity contribution in [1.29, 1.82) is 0 Å². The average molecular weight is 363 g/mol. The molecule has 6 heteroatoms. The minimum Gasteiger partial charge on any atom is -0.336 e. The van der Waals surface area contributed by atoms with E-state index < -0.39 is 0 Å². The van der Waals surface area contributed by atoms with Crippen LogP contribution >= 0.6 is 0 Å². The summed E-state index contributed by atoms with van der Waals surface area (Å²) in [5.41, 5.74) is 2.66. The van der Waals surface area contributed by atoms with Crippen molar-refractivity contribution in [3.63, 3.8) is 0 Å². The predicted molar refractivity (Wildman–Crippen MR) is 105 cm³/mol. The first kappa shape index (κ1) is 17.7. The first-order chi connectivity index (χ1) is 13.1. The van der Waals surface area contributed by atoms with Crippen molar-refractivity contribution in [2.24, 2.45) is 0 Å². The molecule has 6 nitrogen and oxygen atoms in total. The lowest BCUT2D eigenvalue weighted by Gasteiger charge is -2.37. The van der Waals surface area contributed by atoms with Gasteiger partial charge in [-0.1, -0.05) is 30.3 Å². The Labute approximate surface area is 159 Å². The van der Waals surface area contributed by atoms with Crippen molar-refractivity contribution in [2.45, 2.75) is 32.4 Å². The largest absolute Gasteiger partial charge is 0.336 e. The van der Waals surface area contributed by atoms with Gasteiger partial charge in [-0.05, 0) is 38.4 Å². The smallest absolute Gasteiger partial charge is 0.272 e. The maximum atomic E-state index is 13.2. The third-order valence-electron chi connectivity index (χ3n) is 5.36. The van der Waals surface area contributed by atoms with E-state index in [2.05, 4.69) is 46.2 Å². The number of fused-ring (bicyclic) bond motifs is 1. The average Bonchev–Trinajstić information content (AvgIpc) is 3.04. The molecule has 1 unspecified atom stereocenters. The molecule has 1 aliphatic rings. The molecule has 0 saturated carbocycles. The third-order valence-corrected chi connectivity index (χ3v) is 5.36. The van der Waals surface area contributed by atoms with Crippen LogP contribution in [0.15, 0.2) is 48.8 Å². The van der Waals surface area contributed by atoms with E-state index in [1.54, 1.807) is 10.6 Å². The number of rotatable bonds is 4.